The summed E-state index contributed by atoms with van der Waals surface area (Å²) in [5, 5.41) is 8.58. The molecule has 2 N–H and O–H groups in total. The topological polar surface area (TPSA) is 100 Å². The summed E-state index contributed by atoms with van der Waals surface area (Å²) in [6.45, 7) is 8.39. The molecule has 0 saturated carbocycles. The maximum atomic E-state index is 13.9. The fourth-order valence-electron chi connectivity index (χ4n) is 8.46. The molecule has 11 heteroatoms. The summed E-state index contributed by atoms with van der Waals surface area (Å²) >= 11 is 3.45. The molecule has 0 radical (unpaired) electrons. The molecule has 2 amide bonds. The van der Waals surface area contributed by atoms with E-state index in [9.17, 15) is 14.4 Å². The number of carbonyl (C=O) groups excluding carboxylic acids is 3. The van der Waals surface area contributed by atoms with E-state index in [1.54, 1.807) is 11.8 Å². The Morgan fingerprint density at radius 3 is 2.00 bits per heavy atom. The van der Waals surface area contributed by atoms with Crippen molar-refractivity contribution in [3.63, 3.8) is 0 Å². The van der Waals surface area contributed by atoms with Crippen LogP contribution in [0.3, 0.4) is 0 Å². The molecule has 6 rings (SSSR count). The monoisotopic (exact) mass is 874 g/mol. The van der Waals surface area contributed by atoms with E-state index in [1.807, 2.05) is 69.1 Å². The summed E-state index contributed by atoms with van der Waals surface area (Å²) in [4.78, 5) is 44.9. The molecule has 1 fully saturated rings. The Balaban J connectivity index is 1.29. The number of amides is 2. The Morgan fingerprint density at radius 1 is 0.806 bits per heavy atom. The number of likely N-dealkylation sites (tertiary alicyclic amines) is 1. The van der Waals surface area contributed by atoms with Gasteiger partial charge in [-0.05, 0) is 91.6 Å². The average Bonchev–Trinajstić information content (AvgIpc) is 3.71. The van der Waals surface area contributed by atoms with Crippen LogP contribution in [0.2, 0.25) is 0 Å². The van der Waals surface area contributed by atoms with Crippen molar-refractivity contribution < 1.29 is 23.9 Å². The minimum atomic E-state index is -0.714. The second kappa shape index (κ2) is 22.5. The Bertz CT molecular complexity index is 2090. The van der Waals surface area contributed by atoms with Gasteiger partial charge in [0.25, 0.3) is 0 Å². The highest BCUT2D eigenvalue weighted by atomic mass is 32.2. The van der Waals surface area contributed by atoms with E-state index >= 15 is 0 Å². The number of carbonyl (C=O) groups is 3. The zero-order chi connectivity index (χ0) is 44.0. The van der Waals surface area contributed by atoms with Gasteiger partial charge in [0.2, 0.25) is 5.91 Å². The first kappa shape index (κ1) is 46.7. The van der Waals surface area contributed by atoms with Gasteiger partial charge < -0.3 is 20.1 Å². The summed E-state index contributed by atoms with van der Waals surface area (Å²) in [5.74, 6) is 0.656. The number of fused-ring (bicyclic) bond motifs is 1. The lowest BCUT2D eigenvalue weighted by Gasteiger charge is -2.38. The molecular weight excluding hydrogens is 813 g/mol. The maximum Gasteiger partial charge on any atom is 0.407 e. The zero-order valence-corrected chi connectivity index (χ0v) is 38.4. The normalized spacial score (nSPS) is 15.5. The highest BCUT2D eigenvalue weighted by Gasteiger charge is 2.39. The third-order valence-corrected chi connectivity index (χ3v) is 13.6. The number of hydrogen-bond donors (Lipinski definition) is 2. The Labute approximate surface area is 376 Å². The maximum absolute atomic E-state index is 13.9. The van der Waals surface area contributed by atoms with Gasteiger partial charge in [0.1, 0.15) is 11.6 Å². The second-order valence-electron chi connectivity index (χ2n) is 17.0. The largest absolute Gasteiger partial charge is 0.467 e. The van der Waals surface area contributed by atoms with E-state index in [-0.39, 0.29) is 24.5 Å². The van der Waals surface area contributed by atoms with Crippen molar-refractivity contribution in [1.29, 1.82) is 0 Å². The molecule has 0 spiro atoms. The Morgan fingerprint density at radius 2 is 1.40 bits per heavy atom. The summed E-state index contributed by atoms with van der Waals surface area (Å²) in [6.07, 6.45) is 3.96. The molecule has 62 heavy (non-hydrogen) atoms. The molecule has 0 unspecified atom stereocenters. The molecule has 5 aromatic carbocycles. The third kappa shape index (κ3) is 12.6. The number of hydrogen-bond acceptors (Lipinski definition) is 9. The van der Waals surface area contributed by atoms with Gasteiger partial charge in [0.15, 0.2) is 0 Å². The lowest BCUT2D eigenvalue weighted by atomic mass is 9.84. The molecule has 5 aromatic rings. The first-order valence-electron chi connectivity index (χ1n) is 21.6. The Hall–Kier alpha value is -4.81. The number of methoxy groups -OCH3 is 1. The van der Waals surface area contributed by atoms with Crippen molar-refractivity contribution in [2.24, 2.45) is 0 Å². The van der Waals surface area contributed by atoms with Crippen LogP contribution in [0, 0.1) is 0 Å². The number of esters is 1. The highest BCUT2D eigenvalue weighted by Crippen LogP contribution is 2.48. The van der Waals surface area contributed by atoms with Crippen LogP contribution in [-0.4, -0.2) is 103 Å². The van der Waals surface area contributed by atoms with Gasteiger partial charge in [0, 0.05) is 31.4 Å². The fraction of sp³-hybridized carbons (Fsp3) is 0.392. The van der Waals surface area contributed by atoms with E-state index in [2.05, 4.69) is 124 Å². The first-order chi connectivity index (χ1) is 30.0. The van der Waals surface area contributed by atoms with Crippen LogP contribution < -0.4 is 10.6 Å². The number of alkyl carbamates (subject to hydrolysis) is 1. The van der Waals surface area contributed by atoms with Gasteiger partial charge in [-0.25, -0.2) is 9.59 Å². The van der Waals surface area contributed by atoms with E-state index in [1.165, 1.54) is 7.11 Å². The van der Waals surface area contributed by atoms with Crippen molar-refractivity contribution in [2.45, 2.75) is 75.1 Å². The molecule has 3 atom stereocenters. The number of benzene rings is 5. The van der Waals surface area contributed by atoms with Crippen molar-refractivity contribution in [2.75, 3.05) is 51.1 Å². The van der Waals surface area contributed by atoms with Crippen LogP contribution in [0.4, 0.5) is 4.79 Å². The smallest absolute Gasteiger partial charge is 0.407 e. The minimum Gasteiger partial charge on any atom is -0.467 e. The summed E-state index contributed by atoms with van der Waals surface area (Å²) < 4.78 is 10.4. The molecule has 1 saturated heterocycles. The quantitative estimate of drug-likeness (QED) is 0.0586. The van der Waals surface area contributed by atoms with Gasteiger partial charge in [0.05, 0.1) is 24.4 Å². The zero-order valence-electron chi connectivity index (χ0n) is 36.8. The number of nitrogens with one attached hydrogen (secondary N) is 2. The lowest BCUT2D eigenvalue weighted by Crippen LogP contribution is -2.51. The highest BCUT2D eigenvalue weighted by molar-refractivity contribution is 8.00. The van der Waals surface area contributed by atoms with Gasteiger partial charge in [-0.1, -0.05) is 133 Å². The van der Waals surface area contributed by atoms with Crippen molar-refractivity contribution in [3.05, 3.63) is 156 Å². The van der Waals surface area contributed by atoms with Crippen LogP contribution >= 0.6 is 23.5 Å². The van der Waals surface area contributed by atoms with Crippen molar-refractivity contribution in [1.82, 2.24) is 20.4 Å². The molecule has 328 valence electrons. The molecule has 1 aliphatic rings. The number of thioether (sulfide) groups is 2. The third-order valence-electron chi connectivity index (χ3n) is 11.3. The van der Waals surface area contributed by atoms with Crippen molar-refractivity contribution in [3.8, 4) is 0 Å². The summed E-state index contributed by atoms with van der Waals surface area (Å²) in [5.41, 5.74) is 3.94. The molecule has 0 aliphatic carbocycles. The van der Waals surface area contributed by atoms with E-state index in [0.717, 1.165) is 58.2 Å². The van der Waals surface area contributed by atoms with E-state index < -0.39 is 28.5 Å². The van der Waals surface area contributed by atoms with Gasteiger partial charge in [-0.3, -0.25) is 14.6 Å². The van der Waals surface area contributed by atoms with Crippen LogP contribution in [-0.2, 0) is 30.4 Å². The number of nitrogens with zero attached hydrogens (tertiary/aromatic N) is 2. The predicted molar refractivity (Wildman–Crippen MR) is 256 cm³/mol. The van der Waals surface area contributed by atoms with Crippen LogP contribution in [0.15, 0.2) is 133 Å². The number of rotatable bonds is 20. The molecule has 1 heterocycles. The van der Waals surface area contributed by atoms with Crippen LogP contribution in [0.5, 0.6) is 0 Å². The SMILES string of the molecule is COC(=O)[C@H](CCSC)NC(=O)CN(Cc1cccc2ccccc12)C[C@@H]1CCCN1C[C@H](CSC(c1ccccc1)(c1ccccc1)c1ccccc1)NC(=O)OC(C)(C)C. The molecule has 0 aromatic heterocycles. The lowest BCUT2D eigenvalue weighted by molar-refractivity contribution is -0.145. The first-order valence-corrected chi connectivity index (χ1v) is 24.0. The van der Waals surface area contributed by atoms with Crippen molar-refractivity contribution >= 4 is 52.3 Å². The molecule has 9 nitrogen and oxygen atoms in total. The molecule has 1 aliphatic heterocycles. The summed E-state index contributed by atoms with van der Waals surface area (Å²) in [7, 11) is 1.36. The second-order valence-corrected chi connectivity index (χ2v) is 19.2. The fourth-order valence-corrected chi connectivity index (χ4v) is 10.5. The van der Waals surface area contributed by atoms with Crippen LogP contribution in [0.25, 0.3) is 10.8 Å². The van der Waals surface area contributed by atoms with Crippen LogP contribution in [0.1, 0.15) is 62.3 Å². The molecule has 0 bridgehead atoms. The van der Waals surface area contributed by atoms with E-state index in [0.29, 0.717) is 31.8 Å². The standard InChI is InChI=1S/C51H62N4O5S2/c1-50(2,3)60-49(58)52-43(37-62-51(40-22-9-6-10-23-40,41-24-11-7-12-25-41)42-26-13-8-14-27-42)34-55-31-18-28-44(55)35-54(33-39-21-17-20-38-19-15-16-29-45(38)39)36-47(56)53-46(30-32-61-5)48(57)59-4/h6-17,19-27,29,43-44,46H,18,28,30-37H2,1-5H3,(H,52,58)(H,53,56)/t43-,44+,46+/m1/s1. The van der Waals surface area contributed by atoms with E-state index in [4.69, 9.17) is 9.47 Å². The number of ether oxygens (including phenoxy) is 2. The average molecular weight is 875 g/mol. The van der Waals surface area contributed by atoms with Gasteiger partial charge in [-0.15, -0.1) is 11.8 Å². The minimum absolute atomic E-state index is 0.112. The Kier molecular flexibility index (Phi) is 17.0. The van der Waals surface area contributed by atoms with Gasteiger partial charge in [-0.2, -0.15) is 11.8 Å². The van der Waals surface area contributed by atoms with Gasteiger partial charge >= 0.3 is 12.1 Å². The molecular formula is C51H62N4O5S2. The predicted octanol–water partition coefficient (Wildman–Crippen LogP) is 9.14. The summed E-state index contributed by atoms with van der Waals surface area (Å²) in [6, 6.07) is 45.6.